The number of benzene rings is 2. The number of hydrogen-bond donors (Lipinski definition) is 1. The molecule has 9 heteroatoms. The fraction of sp³-hybridized carbons (Fsp3) is 0.480. The Labute approximate surface area is 202 Å². The lowest BCUT2D eigenvalue weighted by Crippen LogP contribution is -2.55. The predicted octanol–water partition coefficient (Wildman–Crippen LogP) is 2.99. The largest absolute Gasteiger partial charge is 0.495 e. The molecule has 2 heterocycles. The van der Waals surface area contributed by atoms with Gasteiger partial charge in [0.1, 0.15) is 5.75 Å². The molecule has 0 aromatic heterocycles. The first-order chi connectivity index (χ1) is 16.2. The number of methoxy groups -OCH3 is 1. The number of fused-ring (bicyclic) bond motifs is 1. The molecule has 1 saturated heterocycles. The van der Waals surface area contributed by atoms with Gasteiger partial charge in [0.15, 0.2) is 5.75 Å². The molecule has 1 amide bonds. The summed E-state index contributed by atoms with van der Waals surface area (Å²) in [7, 11) is -2.05. The Morgan fingerprint density at radius 1 is 1.12 bits per heavy atom. The second-order valence-corrected chi connectivity index (χ2v) is 10.6. The zero-order valence-electron chi connectivity index (χ0n) is 20.2. The summed E-state index contributed by atoms with van der Waals surface area (Å²) < 4.78 is 34.8. The molecule has 0 bridgehead atoms. The number of amides is 1. The van der Waals surface area contributed by atoms with Crippen LogP contribution in [0, 0.1) is 5.92 Å². The van der Waals surface area contributed by atoms with Gasteiger partial charge in [-0.05, 0) is 42.0 Å². The maximum absolute atomic E-state index is 12.5. The van der Waals surface area contributed by atoms with E-state index in [-0.39, 0.29) is 29.5 Å². The Kier molecular flexibility index (Phi) is 7.04. The van der Waals surface area contributed by atoms with Crippen LogP contribution in [0.5, 0.6) is 11.5 Å². The smallest absolute Gasteiger partial charge is 0.306 e. The summed E-state index contributed by atoms with van der Waals surface area (Å²) in [5.74, 6) is 1.24. The van der Waals surface area contributed by atoms with Gasteiger partial charge in [-0.15, -0.1) is 0 Å². The quantitative estimate of drug-likeness (QED) is 0.627. The van der Waals surface area contributed by atoms with Crippen LogP contribution in [0.2, 0.25) is 0 Å². The number of hydrogen-bond acceptors (Lipinski definition) is 7. The van der Waals surface area contributed by atoms with Crippen molar-refractivity contribution in [2.24, 2.45) is 5.92 Å². The van der Waals surface area contributed by atoms with Crippen LogP contribution in [-0.2, 0) is 14.9 Å². The molecule has 2 aromatic rings. The summed E-state index contributed by atoms with van der Waals surface area (Å²) in [5.41, 5.74) is 2.58. The molecule has 34 heavy (non-hydrogen) atoms. The number of nitrogens with zero attached hydrogens (tertiary/aromatic N) is 2. The van der Waals surface area contributed by atoms with Crippen molar-refractivity contribution in [3.63, 3.8) is 0 Å². The van der Waals surface area contributed by atoms with Crippen molar-refractivity contribution in [2.75, 3.05) is 49.3 Å². The van der Waals surface area contributed by atoms with Crippen molar-refractivity contribution in [3.8, 4) is 11.5 Å². The number of para-hydroxylation sites is 3. The monoisotopic (exact) mass is 487 g/mol. The van der Waals surface area contributed by atoms with E-state index in [9.17, 15) is 13.2 Å². The Balaban J connectivity index is 1.74. The van der Waals surface area contributed by atoms with Crippen LogP contribution in [0.25, 0.3) is 0 Å². The number of ether oxygens (including phenoxy) is 1. The van der Waals surface area contributed by atoms with Gasteiger partial charge < -0.3 is 24.0 Å². The molecule has 2 aromatic carbocycles. The highest BCUT2D eigenvalue weighted by molar-refractivity contribution is 7.86. The molecular weight excluding hydrogens is 454 g/mol. The molecule has 3 unspecified atom stereocenters. The molecular formula is C25H33N3O5S. The van der Waals surface area contributed by atoms with E-state index in [1.807, 2.05) is 24.3 Å². The van der Waals surface area contributed by atoms with Gasteiger partial charge in [0.05, 0.1) is 24.7 Å². The zero-order valence-corrected chi connectivity index (χ0v) is 21.0. The predicted molar refractivity (Wildman–Crippen MR) is 133 cm³/mol. The first-order valence-corrected chi connectivity index (χ1v) is 13.4. The number of nitrogens with one attached hydrogen (secondary N) is 1. The van der Waals surface area contributed by atoms with Crippen molar-refractivity contribution < 1.29 is 22.1 Å². The molecule has 2 aliphatic rings. The van der Waals surface area contributed by atoms with Crippen molar-refractivity contribution in [1.82, 2.24) is 5.32 Å². The van der Waals surface area contributed by atoms with Crippen molar-refractivity contribution in [3.05, 3.63) is 48.0 Å². The lowest BCUT2D eigenvalue weighted by molar-refractivity contribution is -0.116. The highest BCUT2D eigenvalue weighted by Crippen LogP contribution is 2.47. The zero-order chi connectivity index (χ0) is 24.5. The van der Waals surface area contributed by atoms with Crippen LogP contribution >= 0.6 is 0 Å². The van der Waals surface area contributed by atoms with Gasteiger partial charge in [-0.2, -0.15) is 8.42 Å². The van der Waals surface area contributed by atoms with Gasteiger partial charge in [-0.1, -0.05) is 31.2 Å². The van der Waals surface area contributed by atoms with Crippen LogP contribution < -0.4 is 24.0 Å². The minimum Gasteiger partial charge on any atom is -0.495 e. The van der Waals surface area contributed by atoms with Gasteiger partial charge in [0.25, 0.3) is 0 Å². The number of piperazine rings is 1. The van der Waals surface area contributed by atoms with Gasteiger partial charge in [0.2, 0.25) is 5.91 Å². The van der Waals surface area contributed by atoms with E-state index in [4.69, 9.17) is 8.92 Å². The van der Waals surface area contributed by atoms with Gasteiger partial charge in [0, 0.05) is 39.1 Å². The van der Waals surface area contributed by atoms with Crippen LogP contribution in [-0.4, -0.2) is 59.9 Å². The molecule has 2 aliphatic heterocycles. The lowest BCUT2D eigenvalue weighted by Gasteiger charge is -2.46. The number of carbonyl (C=O) groups is 1. The molecule has 0 radical (unpaired) electrons. The van der Waals surface area contributed by atoms with E-state index in [0.29, 0.717) is 12.2 Å². The van der Waals surface area contributed by atoms with E-state index in [1.54, 1.807) is 24.1 Å². The molecule has 3 atom stereocenters. The van der Waals surface area contributed by atoms with Gasteiger partial charge >= 0.3 is 10.1 Å². The Morgan fingerprint density at radius 3 is 2.56 bits per heavy atom. The first-order valence-electron chi connectivity index (χ1n) is 11.6. The summed E-state index contributed by atoms with van der Waals surface area (Å²) in [5, 5.41) is 3.53. The van der Waals surface area contributed by atoms with E-state index in [2.05, 4.69) is 23.2 Å². The molecule has 0 saturated carbocycles. The van der Waals surface area contributed by atoms with E-state index in [1.165, 1.54) is 6.92 Å². The normalized spacial score (nSPS) is 21.5. The van der Waals surface area contributed by atoms with Crippen LogP contribution in [0.3, 0.4) is 0 Å². The summed E-state index contributed by atoms with van der Waals surface area (Å²) in [4.78, 5) is 16.5. The topological polar surface area (TPSA) is 88.2 Å². The molecule has 184 valence electrons. The van der Waals surface area contributed by atoms with Crippen molar-refractivity contribution >= 4 is 27.4 Å². The third kappa shape index (κ3) is 4.86. The van der Waals surface area contributed by atoms with Gasteiger partial charge in [-0.3, -0.25) is 4.79 Å². The summed E-state index contributed by atoms with van der Waals surface area (Å²) in [6, 6.07) is 13.7. The van der Waals surface area contributed by atoms with E-state index in [0.717, 1.165) is 49.3 Å². The molecule has 1 N–H and O–H groups in total. The van der Waals surface area contributed by atoms with Crippen molar-refractivity contribution in [2.45, 2.75) is 32.2 Å². The molecule has 4 rings (SSSR count). The Morgan fingerprint density at radius 2 is 1.85 bits per heavy atom. The fourth-order valence-corrected chi connectivity index (χ4v) is 5.84. The number of rotatable bonds is 6. The first kappa shape index (κ1) is 24.3. The standard InChI is InChI=1S/C25H33N3O5S/c1-17(22-16-26-13-15-28(22)21-9-5-6-10-23(21)32-3)19-12-14-27(18(2)29)25-20(19)8-7-11-24(25)33-34(4,30)31/h5-11,17,19,22,26H,12-16H2,1-4H3. The number of carbonyl (C=O) groups excluding carboxylic acids is 1. The van der Waals surface area contributed by atoms with Crippen molar-refractivity contribution in [1.29, 1.82) is 0 Å². The highest BCUT2D eigenvalue weighted by Gasteiger charge is 2.39. The summed E-state index contributed by atoms with van der Waals surface area (Å²) in [6.07, 6.45) is 1.80. The molecule has 8 nitrogen and oxygen atoms in total. The van der Waals surface area contributed by atoms with E-state index < -0.39 is 10.1 Å². The van der Waals surface area contributed by atoms with Crippen LogP contribution in [0.15, 0.2) is 42.5 Å². The highest BCUT2D eigenvalue weighted by atomic mass is 32.2. The minimum atomic E-state index is -3.74. The fourth-order valence-electron chi connectivity index (χ4n) is 5.38. The lowest BCUT2D eigenvalue weighted by atomic mass is 9.76. The SMILES string of the molecule is COc1ccccc1N1CCNCC1C(C)C1CCN(C(C)=O)c2c(OS(C)(=O)=O)cccc21. The van der Waals surface area contributed by atoms with Crippen LogP contribution in [0.4, 0.5) is 11.4 Å². The summed E-state index contributed by atoms with van der Waals surface area (Å²) >= 11 is 0. The average Bonchev–Trinajstić information content (AvgIpc) is 2.82. The number of anilines is 2. The average molecular weight is 488 g/mol. The Bertz CT molecular complexity index is 1150. The van der Waals surface area contributed by atoms with Gasteiger partial charge in [-0.25, -0.2) is 0 Å². The maximum atomic E-state index is 12.5. The third-order valence-electron chi connectivity index (χ3n) is 6.90. The Hall–Kier alpha value is -2.78. The van der Waals surface area contributed by atoms with E-state index >= 15 is 0 Å². The molecule has 0 aliphatic carbocycles. The molecule has 0 spiro atoms. The second kappa shape index (κ2) is 9.84. The summed E-state index contributed by atoms with van der Waals surface area (Å²) in [6.45, 7) is 6.80. The maximum Gasteiger partial charge on any atom is 0.306 e. The molecule has 1 fully saturated rings. The minimum absolute atomic E-state index is 0.121. The van der Waals surface area contributed by atoms with Crippen LogP contribution in [0.1, 0.15) is 31.7 Å². The second-order valence-electron chi connectivity index (χ2n) is 9.04. The third-order valence-corrected chi connectivity index (χ3v) is 7.39.